The van der Waals surface area contributed by atoms with Crippen LogP contribution in [0.1, 0.15) is 6.42 Å². The first-order valence-corrected chi connectivity index (χ1v) is 3.21. The minimum atomic E-state index is -0.722. The number of hydrogen-bond acceptors (Lipinski definition) is 4. The van der Waals surface area contributed by atoms with Crippen LogP contribution in [0.25, 0.3) is 0 Å². The molecule has 0 radical (unpaired) electrons. The third-order valence-electron chi connectivity index (χ3n) is 1.24. The van der Waals surface area contributed by atoms with E-state index in [2.05, 4.69) is 11.3 Å². The second-order valence-corrected chi connectivity index (χ2v) is 2.11. The summed E-state index contributed by atoms with van der Waals surface area (Å²) >= 11 is 0. The van der Waals surface area contributed by atoms with Crippen molar-refractivity contribution in [2.45, 2.75) is 12.5 Å². The van der Waals surface area contributed by atoms with E-state index >= 15 is 0 Å². The van der Waals surface area contributed by atoms with Gasteiger partial charge in [-0.25, -0.2) is 4.79 Å². The molecule has 1 fully saturated rings. The van der Waals surface area contributed by atoms with Gasteiger partial charge >= 0.3 is 11.9 Å². The molecule has 0 aromatic rings. The van der Waals surface area contributed by atoms with E-state index in [9.17, 15) is 9.59 Å². The van der Waals surface area contributed by atoms with Crippen molar-refractivity contribution >= 4 is 11.9 Å². The molecule has 1 heterocycles. The smallest absolute Gasteiger partial charge is 0.343 e. The van der Waals surface area contributed by atoms with Gasteiger partial charge in [0, 0.05) is 0 Å². The average molecular weight is 156 g/mol. The Bertz CT molecular complexity index is 197. The molecule has 1 aliphatic heterocycles. The van der Waals surface area contributed by atoms with E-state index in [1.165, 1.54) is 6.08 Å². The van der Waals surface area contributed by atoms with Gasteiger partial charge < -0.3 is 9.47 Å². The molecule has 0 aliphatic carbocycles. The standard InChI is InChI=1S/C7H8O4/c1-2-3-10-5-4-6(8)11-7(5)9/h2,5H,1,3-4H2. The Hall–Kier alpha value is -1.16. The second kappa shape index (κ2) is 3.30. The van der Waals surface area contributed by atoms with Crippen molar-refractivity contribution in [3.05, 3.63) is 12.7 Å². The molecule has 1 saturated heterocycles. The third-order valence-corrected chi connectivity index (χ3v) is 1.24. The highest BCUT2D eigenvalue weighted by Gasteiger charge is 2.33. The molecule has 0 bridgehead atoms. The number of rotatable bonds is 3. The molecule has 4 nitrogen and oxygen atoms in total. The summed E-state index contributed by atoms with van der Waals surface area (Å²) in [4.78, 5) is 21.2. The Kier molecular flexibility index (Phi) is 2.38. The van der Waals surface area contributed by atoms with Gasteiger partial charge in [0.05, 0.1) is 13.0 Å². The quantitative estimate of drug-likeness (QED) is 0.328. The summed E-state index contributed by atoms with van der Waals surface area (Å²) in [6.07, 6.45) is 0.809. The van der Waals surface area contributed by atoms with Gasteiger partial charge in [0.25, 0.3) is 0 Å². The number of hydrogen-bond donors (Lipinski definition) is 0. The van der Waals surface area contributed by atoms with Crippen LogP contribution in [0.5, 0.6) is 0 Å². The predicted octanol–water partition coefficient (Wildman–Crippen LogP) is 0.0311. The maximum absolute atomic E-state index is 10.7. The molecular formula is C7H8O4. The van der Waals surface area contributed by atoms with Gasteiger partial charge in [0.1, 0.15) is 0 Å². The Morgan fingerprint density at radius 1 is 1.73 bits per heavy atom. The van der Waals surface area contributed by atoms with Crippen molar-refractivity contribution in [2.75, 3.05) is 6.61 Å². The van der Waals surface area contributed by atoms with Crippen molar-refractivity contribution in [1.29, 1.82) is 0 Å². The van der Waals surface area contributed by atoms with E-state index < -0.39 is 18.0 Å². The molecule has 1 atom stereocenters. The summed E-state index contributed by atoms with van der Waals surface area (Å²) in [5.41, 5.74) is 0. The highest BCUT2D eigenvalue weighted by atomic mass is 16.6. The first kappa shape index (κ1) is 7.94. The van der Waals surface area contributed by atoms with Crippen LogP contribution in [-0.2, 0) is 19.1 Å². The number of cyclic esters (lactones) is 2. The maximum atomic E-state index is 10.7. The Morgan fingerprint density at radius 3 is 2.91 bits per heavy atom. The van der Waals surface area contributed by atoms with Crippen LogP contribution < -0.4 is 0 Å². The van der Waals surface area contributed by atoms with Gasteiger partial charge in [-0.05, 0) is 0 Å². The summed E-state index contributed by atoms with van der Waals surface area (Å²) in [6.45, 7) is 3.66. The van der Waals surface area contributed by atoms with Gasteiger partial charge in [-0.3, -0.25) is 4.79 Å². The van der Waals surface area contributed by atoms with Crippen LogP contribution in [0.4, 0.5) is 0 Å². The first-order chi connectivity index (χ1) is 5.24. The highest BCUT2D eigenvalue weighted by molar-refractivity contribution is 5.96. The molecule has 0 aromatic carbocycles. The summed E-state index contributed by atoms with van der Waals surface area (Å²) in [5.74, 6) is -1.12. The number of esters is 2. The zero-order valence-electron chi connectivity index (χ0n) is 5.91. The average Bonchev–Trinajstić information content (AvgIpc) is 2.26. The van der Waals surface area contributed by atoms with Crippen molar-refractivity contribution in [3.8, 4) is 0 Å². The first-order valence-electron chi connectivity index (χ1n) is 3.21. The molecule has 1 unspecified atom stereocenters. The fourth-order valence-electron chi connectivity index (χ4n) is 0.765. The molecule has 0 N–H and O–H groups in total. The zero-order chi connectivity index (χ0) is 8.27. The Labute approximate surface area is 63.8 Å². The summed E-state index contributed by atoms with van der Waals surface area (Å²) in [6, 6.07) is 0. The topological polar surface area (TPSA) is 52.6 Å². The van der Waals surface area contributed by atoms with Crippen LogP contribution in [0.3, 0.4) is 0 Å². The lowest BCUT2D eigenvalue weighted by molar-refractivity contribution is -0.155. The number of carbonyl (C=O) groups excluding carboxylic acids is 2. The summed E-state index contributed by atoms with van der Waals surface area (Å²) in [7, 11) is 0. The zero-order valence-corrected chi connectivity index (χ0v) is 5.91. The lowest BCUT2D eigenvalue weighted by Crippen LogP contribution is -2.18. The van der Waals surface area contributed by atoms with E-state index in [1.54, 1.807) is 0 Å². The van der Waals surface area contributed by atoms with Crippen LogP contribution in [0.15, 0.2) is 12.7 Å². The molecule has 0 aromatic heterocycles. The van der Waals surface area contributed by atoms with Gasteiger partial charge in [-0.1, -0.05) is 6.08 Å². The van der Waals surface area contributed by atoms with Crippen molar-refractivity contribution in [2.24, 2.45) is 0 Å². The van der Waals surface area contributed by atoms with E-state index in [-0.39, 0.29) is 13.0 Å². The van der Waals surface area contributed by atoms with E-state index in [0.29, 0.717) is 0 Å². The lowest BCUT2D eigenvalue weighted by atomic mass is 10.3. The van der Waals surface area contributed by atoms with Crippen LogP contribution in [0, 0.1) is 0 Å². The monoisotopic (exact) mass is 156 g/mol. The predicted molar refractivity (Wildman–Crippen MR) is 35.7 cm³/mol. The third kappa shape index (κ3) is 1.88. The Morgan fingerprint density at radius 2 is 2.45 bits per heavy atom. The molecule has 1 aliphatic rings. The minimum Gasteiger partial charge on any atom is -0.391 e. The SMILES string of the molecule is C=CCOC1CC(=O)OC1=O. The van der Waals surface area contributed by atoms with Crippen LogP contribution >= 0.6 is 0 Å². The molecular weight excluding hydrogens is 148 g/mol. The van der Waals surface area contributed by atoms with Crippen molar-refractivity contribution in [1.82, 2.24) is 0 Å². The second-order valence-electron chi connectivity index (χ2n) is 2.11. The van der Waals surface area contributed by atoms with Crippen LogP contribution in [0.2, 0.25) is 0 Å². The summed E-state index contributed by atoms with van der Waals surface area (Å²) < 4.78 is 9.16. The Balaban J connectivity index is 2.40. The molecule has 60 valence electrons. The van der Waals surface area contributed by atoms with Gasteiger partial charge in [-0.15, -0.1) is 6.58 Å². The van der Waals surface area contributed by atoms with E-state index in [1.807, 2.05) is 0 Å². The molecule has 0 saturated carbocycles. The molecule has 4 heteroatoms. The van der Waals surface area contributed by atoms with Gasteiger partial charge in [0.15, 0.2) is 6.10 Å². The fraction of sp³-hybridized carbons (Fsp3) is 0.429. The molecule has 0 spiro atoms. The van der Waals surface area contributed by atoms with Gasteiger partial charge in [-0.2, -0.15) is 0 Å². The number of carbonyl (C=O) groups is 2. The largest absolute Gasteiger partial charge is 0.391 e. The molecule has 11 heavy (non-hydrogen) atoms. The highest BCUT2D eigenvalue weighted by Crippen LogP contribution is 2.11. The lowest BCUT2D eigenvalue weighted by Gasteiger charge is -2.02. The minimum absolute atomic E-state index is 0.0205. The molecule has 1 rings (SSSR count). The van der Waals surface area contributed by atoms with E-state index in [4.69, 9.17) is 4.74 Å². The summed E-state index contributed by atoms with van der Waals surface area (Å²) in [5, 5.41) is 0. The van der Waals surface area contributed by atoms with Crippen molar-refractivity contribution in [3.63, 3.8) is 0 Å². The molecule has 0 amide bonds. The maximum Gasteiger partial charge on any atom is 0.343 e. The number of ether oxygens (including phenoxy) is 2. The normalized spacial score (nSPS) is 23.5. The van der Waals surface area contributed by atoms with Gasteiger partial charge in [0.2, 0.25) is 0 Å². The van der Waals surface area contributed by atoms with Crippen LogP contribution in [-0.4, -0.2) is 24.6 Å². The van der Waals surface area contributed by atoms with Crippen molar-refractivity contribution < 1.29 is 19.1 Å². The van der Waals surface area contributed by atoms with E-state index in [0.717, 1.165) is 0 Å². The fourth-order valence-corrected chi connectivity index (χ4v) is 0.765.